The highest BCUT2D eigenvalue weighted by atomic mass is 35.5. The number of halogens is 2. The van der Waals surface area contributed by atoms with Gasteiger partial charge in [-0.3, -0.25) is 4.79 Å². The quantitative estimate of drug-likeness (QED) is 0.826. The lowest BCUT2D eigenvalue weighted by Crippen LogP contribution is -2.27. The number of Topliss-reactive ketones (excluding diaryl/α,β-unsaturated/α-hetero) is 1. The van der Waals surface area contributed by atoms with Crippen LogP contribution in [0.5, 0.6) is 0 Å². The minimum Gasteiger partial charge on any atom is -0.298 e. The Morgan fingerprint density at radius 3 is 2.71 bits per heavy atom. The highest BCUT2D eigenvalue weighted by molar-refractivity contribution is 6.31. The molecule has 0 N–H and O–H groups in total. The van der Waals surface area contributed by atoms with Crippen molar-refractivity contribution in [2.75, 3.05) is 0 Å². The van der Waals surface area contributed by atoms with Crippen LogP contribution >= 0.6 is 11.6 Å². The number of hydrogen-bond acceptors (Lipinski definition) is 2. The number of ketones is 1. The second-order valence-electron chi connectivity index (χ2n) is 4.26. The lowest BCUT2D eigenvalue weighted by Gasteiger charge is -2.26. The number of benzene rings is 1. The third-order valence-corrected chi connectivity index (χ3v) is 3.52. The number of hydrogen-bond donors (Lipinski definition) is 0. The summed E-state index contributed by atoms with van der Waals surface area (Å²) in [6.45, 7) is 0. The summed E-state index contributed by atoms with van der Waals surface area (Å²) in [7, 11) is 0. The van der Waals surface area contributed by atoms with Gasteiger partial charge in [0.25, 0.3) is 0 Å². The van der Waals surface area contributed by atoms with E-state index in [9.17, 15) is 9.18 Å². The molecule has 1 atom stereocenters. The van der Waals surface area contributed by atoms with Gasteiger partial charge in [0.1, 0.15) is 11.7 Å². The van der Waals surface area contributed by atoms with Crippen molar-refractivity contribution < 1.29 is 9.18 Å². The molecule has 4 heteroatoms. The monoisotopic (exact) mass is 251 g/mol. The van der Waals surface area contributed by atoms with Crippen LogP contribution in [0.4, 0.5) is 4.39 Å². The number of nitriles is 1. The Kier molecular flexibility index (Phi) is 3.44. The van der Waals surface area contributed by atoms with Crippen LogP contribution in [0.15, 0.2) is 18.2 Å². The van der Waals surface area contributed by atoms with Gasteiger partial charge in [-0.05, 0) is 30.5 Å². The van der Waals surface area contributed by atoms with E-state index in [0.717, 1.165) is 25.3 Å². The minimum atomic E-state index is -0.867. The smallest absolute Gasteiger partial charge is 0.157 e. The first kappa shape index (κ1) is 12.1. The van der Waals surface area contributed by atoms with Crippen molar-refractivity contribution in [3.63, 3.8) is 0 Å². The molecule has 2 rings (SSSR count). The topological polar surface area (TPSA) is 40.9 Å². The predicted octanol–water partition coefficient (Wildman–Crippen LogP) is 3.46. The predicted molar refractivity (Wildman–Crippen MR) is 62.1 cm³/mol. The first-order chi connectivity index (χ1) is 8.13. The van der Waals surface area contributed by atoms with Gasteiger partial charge in [0.2, 0.25) is 0 Å². The summed E-state index contributed by atoms with van der Waals surface area (Å²) in [5.74, 6) is -1.45. The SMILES string of the molecule is N#CC(C(=O)C1CCC1)c1ccc(F)cc1Cl. The van der Waals surface area contributed by atoms with E-state index in [1.54, 1.807) is 0 Å². The van der Waals surface area contributed by atoms with E-state index in [4.69, 9.17) is 16.9 Å². The van der Waals surface area contributed by atoms with Crippen LogP contribution in [0.1, 0.15) is 30.7 Å². The molecule has 0 amide bonds. The van der Waals surface area contributed by atoms with Gasteiger partial charge < -0.3 is 0 Å². The summed E-state index contributed by atoms with van der Waals surface area (Å²) < 4.78 is 12.9. The van der Waals surface area contributed by atoms with Crippen LogP contribution in [-0.2, 0) is 4.79 Å². The Balaban J connectivity index is 2.29. The molecule has 1 saturated carbocycles. The molecule has 1 unspecified atom stereocenters. The summed E-state index contributed by atoms with van der Waals surface area (Å²) in [5, 5.41) is 9.23. The number of nitrogens with zero attached hydrogens (tertiary/aromatic N) is 1. The zero-order valence-corrected chi connectivity index (χ0v) is 9.88. The minimum absolute atomic E-state index is 0.0271. The molecule has 0 spiro atoms. The van der Waals surface area contributed by atoms with Crippen LogP contribution in [0, 0.1) is 23.1 Å². The Morgan fingerprint density at radius 1 is 1.53 bits per heavy atom. The normalized spacial score (nSPS) is 17.0. The molecule has 0 heterocycles. The lowest BCUT2D eigenvalue weighted by molar-refractivity contribution is -0.125. The summed E-state index contributed by atoms with van der Waals surface area (Å²) in [5.41, 5.74) is 0.410. The van der Waals surface area contributed by atoms with E-state index in [-0.39, 0.29) is 16.7 Å². The summed E-state index contributed by atoms with van der Waals surface area (Å²) in [4.78, 5) is 12.0. The van der Waals surface area contributed by atoms with Gasteiger partial charge in [0.15, 0.2) is 5.78 Å². The number of carbonyl (C=O) groups excluding carboxylic acids is 1. The zero-order valence-electron chi connectivity index (χ0n) is 9.12. The maximum Gasteiger partial charge on any atom is 0.157 e. The van der Waals surface area contributed by atoms with Gasteiger partial charge >= 0.3 is 0 Å². The second kappa shape index (κ2) is 4.85. The van der Waals surface area contributed by atoms with Crippen molar-refractivity contribution in [2.45, 2.75) is 25.2 Å². The average molecular weight is 252 g/mol. The molecule has 0 aromatic heterocycles. The van der Waals surface area contributed by atoms with Gasteiger partial charge in [0, 0.05) is 10.9 Å². The number of rotatable bonds is 3. The van der Waals surface area contributed by atoms with Gasteiger partial charge in [0.05, 0.1) is 6.07 Å². The fourth-order valence-electron chi connectivity index (χ4n) is 1.95. The molecule has 0 aliphatic heterocycles. The highest BCUT2D eigenvalue weighted by Gasteiger charge is 2.33. The van der Waals surface area contributed by atoms with Crippen molar-refractivity contribution in [1.82, 2.24) is 0 Å². The molecule has 0 radical (unpaired) electrons. The molecule has 88 valence electrons. The first-order valence-electron chi connectivity index (χ1n) is 5.51. The molecule has 1 aromatic carbocycles. The molecule has 1 aliphatic rings. The number of carbonyl (C=O) groups is 1. The third kappa shape index (κ3) is 2.32. The Bertz CT molecular complexity index is 491. The van der Waals surface area contributed by atoms with Crippen LogP contribution in [0.3, 0.4) is 0 Å². The van der Waals surface area contributed by atoms with Crippen molar-refractivity contribution in [3.8, 4) is 6.07 Å². The molecule has 1 aliphatic carbocycles. The Hall–Kier alpha value is -1.40. The molecule has 17 heavy (non-hydrogen) atoms. The standard InChI is InChI=1S/C13H11ClFNO/c14-12-6-9(15)4-5-10(12)11(7-16)13(17)8-2-1-3-8/h4-6,8,11H,1-3H2. The van der Waals surface area contributed by atoms with Crippen molar-refractivity contribution >= 4 is 17.4 Å². The largest absolute Gasteiger partial charge is 0.298 e. The van der Waals surface area contributed by atoms with Crippen LogP contribution in [0.25, 0.3) is 0 Å². The van der Waals surface area contributed by atoms with Crippen molar-refractivity contribution in [1.29, 1.82) is 5.26 Å². The highest BCUT2D eigenvalue weighted by Crippen LogP contribution is 2.34. The maximum atomic E-state index is 12.9. The van der Waals surface area contributed by atoms with E-state index >= 15 is 0 Å². The summed E-state index contributed by atoms with van der Waals surface area (Å²) >= 11 is 5.87. The maximum absolute atomic E-state index is 12.9. The van der Waals surface area contributed by atoms with Gasteiger partial charge in [-0.25, -0.2) is 4.39 Å². The van der Waals surface area contributed by atoms with Crippen LogP contribution in [0.2, 0.25) is 5.02 Å². The van der Waals surface area contributed by atoms with E-state index in [0.29, 0.717) is 5.56 Å². The van der Waals surface area contributed by atoms with Gasteiger partial charge in [-0.15, -0.1) is 0 Å². The van der Waals surface area contributed by atoms with Crippen molar-refractivity contribution in [2.24, 2.45) is 5.92 Å². The Labute approximate surface area is 104 Å². The zero-order chi connectivity index (χ0) is 12.4. The fourth-order valence-corrected chi connectivity index (χ4v) is 2.23. The molecule has 0 bridgehead atoms. The molecule has 2 nitrogen and oxygen atoms in total. The Morgan fingerprint density at radius 2 is 2.24 bits per heavy atom. The third-order valence-electron chi connectivity index (χ3n) is 3.19. The van der Waals surface area contributed by atoms with Gasteiger partial charge in [-0.2, -0.15) is 5.26 Å². The fraction of sp³-hybridized carbons (Fsp3) is 0.385. The summed E-state index contributed by atoms with van der Waals surface area (Å²) in [6, 6.07) is 5.75. The van der Waals surface area contributed by atoms with Crippen LogP contribution < -0.4 is 0 Å². The molecule has 0 saturated heterocycles. The first-order valence-corrected chi connectivity index (χ1v) is 5.89. The molecular formula is C13H11ClFNO. The average Bonchev–Trinajstić information content (AvgIpc) is 2.19. The summed E-state index contributed by atoms with van der Waals surface area (Å²) in [6.07, 6.45) is 2.72. The lowest BCUT2D eigenvalue weighted by atomic mass is 9.76. The van der Waals surface area contributed by atoms with E-state index in [1.807, 2.05) is 6.07 Å². The van der Waals surface area contributed by atoms with E-state index < -0.39 is 11.7 Å². The molecule has 1 aromatic rings. The second-order valence-corrected chi connectivity index (χ2v) is 4.67. The van der Waals surface area contributed by atoms with Crippen LogP contribution in [-0.4, -0.2) is 5.78 Å². The molecular weight excluding hydrogens is 241 g/mol. The van der Waals surface area contributed by atoms with E-state index in [1.165, 1.54) is 12.1 Å². The van der Waals surface area contributed by atoms with Crippen molar-refractivity contribution in [3.05, 3.63) is 34.6 Å². The van der Waals surface area contributed by atoms with E-state index in [2.05, 4.69) is 0 Å². The molecule has 1 fully saturated rings. The van der Waals surface area contributed by atoms with Gasteiger partial charge in [-0.1, -0.05) is 24.1 Å².